The number of carbonyl (C=O) groups excluding carboxylic acids is 1. The molecule has 0 bridgehead atoms. The zero-order valence-corrected chi connectivity index (χ0v) is 18.3. The maximum Gasteiger partial charge on any atom is 0.268 e. The minimum Gasteiger partial charge on any atom is -0.489 e. The molecule has 8 nitrogen and oxygen atoms in total. The van der Waals surface area contributed by atoms with Crippen molar-refractivity contribution in [3.8, 4) is 5.75 Å². The first kappa shape index (κ1) is 22.1. The van der Waals surface area contributed by atoms with Gasteiger partial charge in [0.1, 0.15) is 22.9 Å². The van der Waals surface area contributed by atoms with Crippen LogP contribution in [0.3, 0.4) is 0 Å². The van der Waals surface area contributed by atoms with Gasteiger partial charge in [-0.15, -0.1) is 0 Å². The number of rotatable bonds is 8. The number of nitrogens with one attached hydrogen (secondary N) is 2. The highest BCUT2D eigenvalue weighted by atomic mass is 32.2. The van der Waals surface area contributed by atoms with E-state index in [0.29, 0.717) is 38.7 Å². The molecule has 4 rings (SSSR count). The van der Waals surface area contributed by atoms with E-state index in [1.807, 2.05) is 54.6 Å². The van der Waals surface area contributed by atoms with E-state index < -0.39 is 10.0 Å². The van der Waals surface area contributed by atoms with Crippen LogP contribution in [-0.4, -0.2) is 49.9 Å². The Hall–Kier alpha value is -3.14. The van der Waals surface area contributed by atoms with Crippen molar-refractivity contribution in [2.24, 2.45) is 0 Å². The highest BCUT2D eigenvalue weighted by molar-refractivity contribution is 7.89. The number of amides is 1. The number of hydrogen-bond donors (Lipinski definition) is 2. The van der Waals surface area contributed by atoms with Crippen LogP contribution in [0.25, 0.3) is 0 Å². The molecule has 32 heavy (non-hydrogen) atoms. The molecule has 1 aliphatic heterocycles. The first-order chi connectivity index (χ1) is 15.5. The molecular weight excluding hydrogens is 430 g/mol. The molecule has 2 N–H and O–H groups in total. The van der Waals surface area contributed by atoms with E-state index in [1.165, 1.54) is 16.6 Å². The number of H-pyrrole nitrogens is 1. The highest BCUT2D eigenvalue weighted by Gasteiger charge is 2.27. The molecule has 9 heteroatoms. The van der Waals surface area contributed by atoms with Gasteiger partial charge in [0.2, 0.25) is 10.0 Å². The van der Waals surface area contributed by atoms with Crippen LogP contribution in [0.15, 0.2) is 71.8 Å². The number of morpholine rings is 1. The number of ether oxygens (including phenoxy) is 2. The van der Waals surface area contributed by atoms with E-state index in [9.17, 15) is 13.2 Å². The summed E-state index contributed by atoms with van der Waals surface area (Å²) in [6, 6.07) is 18.7. The fourth-order valence-electron chi connectivity index (χ4n) is 3.35. The average Bonchev–Trinajstić information content (AvgIpc) is 3.34. The van der Waals surface area contributed by atoms with Gasteiger partial charge in [-0.3, -0.25) is 4.79 Å². The Morgan fingerprint density at radius 3 is 2.56 bits per heavy atom. The van der Waals surface area contributed by atoms with Gasteiger partial charge < -0.3 is 19.8 Å². The summed E-state index contributed by atoms with van der Waals surface area (Å²) in [6.45, 7) is 2.08. The molecule has 0 atom stereocenters. The summed E-state index contributed by atoms with van der Waals surface area (Å²) in [5.74, 6) is 0.323. The first-order valence-corrected chi connectivity index (χ1v) is 11.8. The smallest absolute Gasteiger partial charge is 0.268 e. The van der Waals surface area contributed by atoms with Crippen LogP contribution in [-0.2, 0) is 27.9 Å². The number of aromatic amines is 1. The monoisotopic (exact) mass is 455 g/mol. The van der Waals surface area contributed by atoms with Crippen LogP contribution in [0.5, 0.6) is 5.75 Å². The molecule has 1 aromatic heterocycles. The Morgan fingerprint density at radius 1 is 1.03 bits per heavy atom. The molecule has 168 valence electrons. The van der Waals surface area contributed by atoms with Crippen LogP contribution < -0.4 is 10.1 Å². The van der Waals surface area contributed by atoms with E-state index >= 15 is 0 Å². The van der Waals surface area contributed by atoms with Crippen LogP contribution in [0.1, 0.15) is 21.6 Å². The molecular formula is C23H25N3O5S. The van der Waals surface area contributed by atoms with Gasteiger partial charge >= 0.3 is 0 Å². The molecule has 0 saturated carbocycles. The fourth-order valence-corrected chi connectivity index (χ4v) is 4.76. The summed E-state index contributed by atoms with van der Waals surface area (Å²) in [7, 11) is -3.65. The second-order valence-corrected chi connectivity index (χ2v) is 9.31. The molecule has 0 radical (unpaired) electrons. The van der Waals surface area contributed by atoms with E-state index in [-0.39, 0.29) is 23.0 Å². The van der Waals surface area contributed by atoms with Crippen molar-refractivity contribution >= 4 is 15.9 Å². The summed E-state index contributed by atoms with van der Waals surface area (Å²) in [4.78, 5) is 15.4. The minimum absolute atomic E-state index is 0.0702. The molecule has 2 aromatic carbocycles. The van der Waals surface area contributed by atoms with Crippen molar-refractivity contribution in [3.05, 3.63) is 83.7 Å². The topological polar surface area (TPSA) is 101 Å². The van der Waals surface area contributed by atoms with Gasteiger partial charge in [-0.2, -0.15) is 4.31 Å². The van der Waals surface area contributed by atoms with E-state index in [2.05, 4.69) is 10.3 Å². The zero-order valence-electron chi connectivity index (χ0n) is 17.5. The van der Waals surface area contributed by atoms with Gasteiger partial charge in [-0.05, 0) is 29.3 Å². The van der Waals surface area contributed by atoms with Gasteiger partial charge in [0.25, 0.3) is 5.91 Å². The van der Waals surface area contributed by atoms with Gasteiger partial charge in [-0.25, -0.2) is 8.42 Å². The van der Waals surface area contributed by atoms with Crippen LogP contribution in [0.2, 0.25) is 0 Å². The predicted octanol–water partition coefficient (Wildman–Crippen LogP) is 2.54. The summed E-state index contributed by atoms with van der Waals surface area (Å²) in [6.07, 6.45) is 1.34. The number of aromatic nitrogens is 1. The van der Waals surface area contributed by atoms with Crippen molar-refractivity contribution in [2.45, 2.75) is 18.0 Å². The molecule has 0 unspecified atom stereocenters. The number of hydrogen-bond acceptors (Lipinski definition) is 5. The standard InChI is InChI=1S/C23H25N3O5S/c27-23(22-14-21(16-24-22)32(28,29)26-9-11-30-12-10-26)25-15-19-7-4-8-20(13-19)31-17-18-5-2-1-3-6-18/h1-8,13-14,16,24H,9-12,15,17H2,(H,25,27). The van der Waals surface area contributed by atoms with Crippen molar-refractivity contribution in [3.63, 3.8) is 0 Å². The Labute approximate surface area is 187 Å². The summed E-state index contributed by atoms with van der Waals surface area (Å²) >= 11 is 0. The van der Waals surface area contributed by atoms with Gasteiger partial charge in [0, 0.05) is 25.8 Å². The quantitative estimate of drug-likeness (QED) is 0.544. The van der Waals surface area contributed by atoms with Gasteiger partial charge in [0.05, 0.1) is 13.2 Å². The molecule has 1 saturated heterocycles. The van der Waals surface area contributed by atoms with Crippen molar-refractivity contribution in [1.29, 1.82) is 0 Å². The summed E-state index contributed by atoms with van der Waals surface area (Å²) in [5.41, 5.74) is 2.13. The second-order valence-electron chi connectivity index (χ2n) is 7.37. The molecule has 3 aromatic rings. The van der Waals surface area contributed by atoms with Crippen molar-refractivity contribution in [1.82, 2.24) is 14.6 Å². The van der Waals surface area contributed by atoms with Crippen LogP contribution >= 0.6 is 0 Å². The third-order valence-corrected chi connectivity index (χ3v) is 6.99. The minimum atomic E-state index is -3.65. The lowest BCUT2D eigenvalue weighted by Crippen LogP contribution is -2.40. The maximum absolute atomic E-state index is 12.7. The Morgan fingerprint density at radius 2 is 1.78 bits per heavy atom. The average molecular weight is 456 g/mol. The number of nitrogens with zero attached hydrogens (tertiary/aromatic N) is 1. The molecule has 0 aliphatic carbocycles. The largest absolute Gasteiger partial charge is 0.489 e. The number of benzene rings is 2. The third-order valence-electron chi connectivity index (χ3n) is 5.11. The number of sulfonamides is 1. The summed E-state index contributed by atoms with van der Waals surface area (Å²) in [5, 5.41) is 2.81. The predicted molar refractivity (Wildman–Crippen MR) is 119 cm³/mol. The first-order valence-electron chi connectivity index (χ1n) is 10.3. The van der Waals surface area contributed by atoms with Crippen molar-refractivity contribution in [2.75, 3.05) is 26.3 Å². The van der Waals surface area contributed by atoms with Crippen LogP contribution in [0.4, 0.5) is 0 Å². The zero-order chi connectivity index (χ0) is 22.4. The Bertz CT molecular complexity index is 1160. The lowest BCUT2D eigenvalue weighted by molar-refractivity contribution is 0.0730. The molecule has 0 spiro atoms. The maximum atomic E-state index is 12.7. The molecule has 2 heterocycles. The summed E-state index contributed by atoms with van der Waals surface area (Å²) < 4.78 is 37.8. The normalized spacial score (nSPS) is 14.8. The Kier molecular flexibility index (Phi) is 6.89. The fraction of sp³-hybridized carbons (Fsp3) is 0.261. The van der Waals surface area contributed by atoms with Crippen LogP contribution in [0, 0.1) is 0 Å². The van der Waals surface area contributed by atoms with Crippen molar-refractivity contribution < 1.29 is 22.7 Å². The third kappa shape index (κ3) is 5.37. The van der Waals surface area contributed by atoms with E-state index in [4.69, 9.17) is 9.47 Å². The van der Waals surface area contributed by atoms with E-state index in [0.717, 1.165) is 11.1 Å². The number of carbonyl (C=O) groups is 1. The lowest BCUT2D eigenvalue weighted by Gasteiger charge is -2.25. The molecule has 1 amide bonds. The molecule has 1 aliphatic rings. The van der Waals surface area contributed by atoms with E-state index in [1.54, 1.807) is 0 Å². The second kappa shape index (κ2) is 9.99. The SMILES string of the molecule is O=C(NCc1cccc(OCc2ccccc2)c1)c1cc(S(=O)(=O)N2CCOCC2)c[nH]1. The Balaban J connectivity index is 1.34. The highest BCUT2D eigenvalue weighted by Crippen LogP contribution is 2.19. The lowest BCUT2D eigenvalue weighted by atomic mass is 10.2. The molecule has 1 fully saturated rings. The van der Waals surface area contributed by atoms with Gasteiger partial charge in [0.15, 0.2) is 0 Å². The van der Waals surface area contributed by atoms with Gasteiger partial charge in [-0.1, -0.05) is 42.5 Å².